The van der Waals surface area contributed by atoms with Crippen molar-refractivity contribution in [3.63, 3.8) is 0 Å². The van der Waals surface area contributed by atoms with Crippen LogP contribution in [-0.2, 0) is 6.54 Å². The van der Waals surface area contributed by atoms with Crippen LogP contribution in [0, 0.1) is 6.92 Å². The number of nitrogens with one attached hydrogen (secondary N) is 2. The van der Waals surface area contributed by atoms with Crippen LogP contribution in [0.25, 0.3) is 0 Å². The van der Waals surface area contributed by atoms with E-state index in [1.807, 2.05) is 39.0 Å². The van der Waals surface area contributed by atoms with Gasteiger partial charge >= 0.3 is 0 Å². The quantitative estimate of drug-likeness (QED) is 0.571. The van der Waals surface area contributed by atoms with Crippen molar-refractivity contribution in [2.45, 2.75) is 33.2 Å². The lowest BCUT2D eigenvalue weighted by Gasteiger charge is -2.11. The van der Waals surface area contributed by atoms with E-state index in [0.717, 1.165) is 23.0 Å². The van der Waals surface area contributed by atoms with Gasteiger partial charge in [0, 0.05) is 17.7 Å². The summed E-state index contributed by atoms with van der Waals surface area (Å²) in [6.45, 7) is 6.67. The Labute approximate surface area is 118 Å². The molecule has 0 amide bonds. The van der Waals surface area contributed by atoms with Gasteiger partial charge in [-0.15, -0.1) is 0 Å². The molecular formula is C14H20N6. The van der Waals surface area contributed by atoms with Crippen molar-refractivity contribution in [2.75, 3.05) is 10.7 Å². The number of hydrogen-bond acceptors (Lipinski definition) is 6. The smallest absolute Gasteiger partial charge is 0.145 e. The van der Waals surface area contributed by atoms with Crippen LogP contribution in [0.3, 0.4) is 0 Å². The Kier molecular flexibility index (Phi) is 4.47. The zero-order valence-electron chi connectivity index (χ0n) is 12.0. The van der Waals surface area contributed by atoms with Gasteiger partial charge in [-0.05, 0) is 19.1 Å². The summed E-state index contributed by atoms with van der Waals surface area (Å²) < 4.78 is 0. The van der Waals surface area contributed by atoms with Gasteiger partial charge in [-0.1, -0.05) is 19.9 Å². The first-order valence-electron chi connectivity index (χ1n) is 6.60. The van der Waals surface area contributed by atoms with Crippen LogP contribution in [0.15, 0.2) is 24.3 Å². The molecule has 0 bridgehead atoms. The SMILES string of the molecule is Cc1cccc(CNc2cc(NN)nc(C(C)C)n2)n1. The van der Waals surface area contributed by atoms with Crippen LogP contribution < -0.4 is 16.6 Å². The van der Waals surface area contributed by atoms with Crippen molar-refractivity contribution in [1.82, 2.24) is 15.0 Å². The highest BCUT2D eigenvalue weighted by molar-refractivity contribution is 5.47. The van der Waals surface area contributed by atoms with E-state index >= 15 is 0 Å². The van der Waals surface area contributed by atoms with E-state index < -0.39 is 0 Å². The van der Waals surface area contributed by atoms with E-state index in [9.17, 15) is 0 Å². The largest absolute Gasteiger partial charge is 0.364 e. The van der Waals surface area contributed by atoms with E-state index in [2.05, 4.69) is 25.7 Å². The number of aryl methyl sites for hydroxylation is 1. The Hall–Kier alpha value is -2.21. The van der Waals surface area contributed by atoms with Gasteiger partial charge in [0.05, 0.1) is 12.2 Å². The summed E-state index contributed by atoms with van der Waals surface area (Å²) in [6, 6.07) is 7.72. The molecule has 2 aromatic rings. The van der Waals surface area contributed by atoms with Gasteiger partial charge in [0.15, 0.2) is 0 Å². The van der Waals surface area contributed by atoms with Crippen LogP contribution in [-0.4, -0.2) is 15.0 Å². The molecule has 0 radical (unpaired) electrons. The minimum atomic E-state index is 0.237. The van der Waals surface area contributed by atoms with Crippen LogP contribution in [0.4, 0.5) is 11.6 Å². The van der Waals surface area contributed by atoms with E-state index in [0.29, 0.717) is 12.4 Å². The fourth-order valence-electron chi connectivity index (χ4n) is 1.77. The molecule has 0 aromatic carbocycles. The maximum absolute atomic E-state index is 5.43. The summed E-state index contributed by atoms with van der Waals surface area (Å²) in [4.78, 5) is 13.2. The van der Waals surface area contributed by atoms with Crippen LogP contribution in [0.1, 0.15) is 37.0 Å². The number of pyridine rings is 1. The summed E-state index contributed by atoms with van der Waals surface area (Å²) in [7, 11) is 0. The van der Waals surface area contributed by atoms with E-state index in [-0.39, 0.29) is 5.92 Å². The molecule has 0 spiro atoms. The zero-order valence-corrected chi connectivity index (χ0v) is 12.0. The molecule has 2 rings (SSSR count). The Morgan fingerprint density at radius 3 is 2.55 bits per heavy atom. The average Bonchev–Trinajstić information content (AvgIpc) is 2.45. The Morgan fingerprint density at radius 2 is 1.90 bits per heavy atom. The molecule has 0 saturated carbocycles. The highest BCUT2D eigenvalue weighted by Gasteiger charge is 2.07. The first kappa shape index (κ1) is 14.2. The highest BCUT2D eigenvalue weighted by Crippen LogP contribution is 2.16. The molecular weight excluding hydrogens is 252 g/mol. The predicted molar refractivity (Wildman–Crippen MR) is 80.2 cm³/mol. The molecule has 20 heavy (non-hydrogen) atoms. The number of nitrogens with zero attached hydrogens (tertiary/aromatic N) is 3. The Balaban J connectivity index is 2.14. The van der Waals surface area contributed by atoms with Gasteiger partial charge in [-0.2, -0.15) is 0 Å². The lowest BCUT2D eigenvalue weighted by Crippen LogP contribution is -2.13. The minimum Gasteiger partial charge on any atom is -0.364 e. The monoisotopic (exact) mass is 272 g/mol. The van der Waals surface area contributed by atoms with Crippen LogP contribution in [0.2, 0.25) is 0 Å². The first-order chi connectivity index (χ1) is 9.58. The molecule has 2 heterocycles. The average molecular weight is 272 g/mol. The van der Waals surface area contributed by atoms with Crippen molar-refractivity contribution in [3.8, 4) is 0 Å². The molecule has 0 aliphatic heterocycles. The Morgan fingerprint density at radius 1 is 1.15 bits per heavy atom. The van der Waals surface area contributed by atoms with Gasteiger partial charge in [0.25, 0.3) is 0 Å². The summed E-state index contributed by atoms with van der Waals surface area (Å²) in [5.74, 6) is 7.76. The third kappa shape index (κ3) is 3.64. The molecule has 0 aliphatic carbocycles. The predicted octanol–water partition coefficient (Wildman–Crippen LogP) is 2.20. The maximum atomic E-state index is 5.43. The molecule has 0 atom stereocenters. The number of anilines is 2. The second-order valence-corrected chi connectivity index (χ2v) is 4.92. The summed E-state index contributed by atoms with van der Waals surface area (Å²) in [5.41, 5.74) is 4.53. The zero-order chi connectivity index (χ0) is 14.5. The number of aromatic nitrogens is 3. The number of nitrogens with two attached hydrogens (primary N) is 1. The summed E-state index contributed by atoms with van der Waals surface area (Å²) in [6.07, 6.45) is 0. The van der Waals surface area contributed by atoms with Crippen LogP contribution >= 0.6 is 0 Å². The van der Waals surface area contributed by atoms with Crippen molar-refractivity contribution in [1.29, 1.82) is 0 Å². The second-order valence-electron chi connectivity index (χ2n) is 4.92. The maximum Gasteiger partial charge on any atom is 0.145 e. The number of hydrazine groups is 1. The molecule has 0 fully saturated rings. The minimum absolute atomic E-state index is 0.237. The van der Waals surface area contributed by atoms with Gasteiger partial charge in [0.1, 0.15) is 17.5 Å². The van der Waals surface area contributed by atoms with E-state index in [4.69, 9.17) is 5.84 Å². The fourth-order valence-corrected chi connectivity index (χ4v) is 1.77. The summed E-state index contributed by atoms with van der Waals surface area (Å²) >= 11 is 0. The topological polar surface area (TPSA) is 88.8 Å². The van der Waals surface area contributed by atoms with Crippen molar-refractivity contribution in [3.05, 3.63) is 41.5 Å². The van der Waals surface area contributed by atoms with Crippen molar-refractivity contribution >= 4 is 11.6 Å². The van der Waals surface area contributed by atoms with Crippen LogP contribution in [0.5, 0.6) is 0 Å². The fraction of sp³-hybridized carbons (Fsp3) is 0.357. The molecule has 2 aromatic heterocycles. The molecule has 106 valence electrons. The number of hydrogen-bond donors (Lipinski definition) is 3. The third-order valence-electron chi connectivity index (χ3n) is 2.80. The molecule has 0 saturated heterocycles. The van der Waals surface area contributed by atoms with Crippen molar-refractivity contribution in [2.24, 2.45) is 5.84 Å². The molecule has 6 heteroatoms. The standard InChI is InChI=1S/C14H20N6/c1-9(2)14-18-12(7-13(19-14)20-15)16-8-11-6-4-5-10(3)17-11/h4-7,9H,8,15H2,1-3H3,(H2,16,18,19,20). The number of nitrogen functional groups attached to an aromatic ring is 1. The second kappa shape index (κ2) is 6.29. The number of rotatable bonds is 5. The van der Waals surface area contributed by atoms with Gasteiger partial charge in [-0.3, -0.25) is 4.98 Å². The normalized spacial score (nSPS) is 10.7. The van der Waals surface area contributed by atoms with E-state index in [1.165, 1.54) is 0 Å². The molecule has 6 nitrogen and oxygen atoms in total. The first-order valence-corrected chi connectivity index (χ1v) is 6.60. The van der Waals surface area contributed by atoms with Gasteiger partial charge in [-0.25, -0.2) is 15.8 Å². The highest BCUT2D eigenvalue weighted by atomic mass is 15.3. The summed E-state index contributed by atoms with van der Waals surface area (Å²) in [5, 5.41) is 3.25. The lowest BCUT2D eigenvalue weighted by atomic mass is 10.2. The Bertz CT molecular complexity index is 582. The molecule has 0 aliphatic rings. The van der Waals surface area contributed by atoms with Gasteiger partial charge in [0.2, 0.25) is 0 Å². The van der Waals surface area contributed by atoms with Crippen molar-refractivity contribution < 1.29 is 0 Å². The third-order valence-corrected chi connectivity index (χ3v) is 2.80. The molecule has 4 N–H and O–H groups in total. The van der Waals surface area contributed by atoms with Gasteiger partial charge < -0.3 is 10.7 Å². The molecule has 0 unspecified atom stereocenters. The van der Waals surface area contributed by atoms with E-state index in [1.54, 1.807) is 6.07 Å². The lowest BCUT2D eigenvalue weighted by molar-refractivity contribution is 0.774.